The van der Waals surface area contributed by atoms with Gasteiger partial charge in [-0.25, -0.2) is 0 Å². The zero-order valence-corrected chi connectivity index (χ0v) is 9.37. The van der Waals surface area contributed by atoms with Crippen LogP contribution < -0.4 is 5.73 Å². The van der Waals surface area contributed by atoms with E-state index in [1.807, 2.05) is 0 Å². The second-order valence-corrected chi connectivity index (χ2v) is 3.91. The molecule has 82 valence electrons. The number of benzene rings is 1. The van der Waals surface area contributed by atoms with Crippen molar-refractivity contribution in [2.75, 3.05) is 0 Å². The van der Waals surface area contributed by atoms with E-state index in [0.29, 0.717) is 6.07 Å². The highest BCUT2D eigenvalue weighted by Gasteiger charge is 2.34. The van der Waals surface area contributed by atoms with Gasteiger partial charge in [-0.15, -0.1) is 0 Å². The Morgan fingerprint density at radius 2 is 1.93 bits per heavy atom. The van der Waals surface area contributed by atoms with E-state index in [4.69, 9.17) is 17.3 Å². The zero-order chi connectivity index (χ0) is 11.8. The molecule has 1 aromatic rings. The highest BCUT2D eigenvalue weighted by atomic mass is 79.9. The molecule has 0 bridgehead atoms. The lowest BCUT2D eigenvalue weighted by Gasteiger charge is -2.11. The van der Waals surface area contributed by atoms with Crippen molar-refractivity contribution in [3.05, 3.63) is 32.8 Å². The summed E-state index contributed by atoms with van der Waals surface area (Å²) in [6.45, 7) is 0. The Balaban J connectivity index is 3.45. The van der Waals surface area contributed by atoms with Crippen LogP contribution in [0.25, 0.3) is 0 Å². The molecule has 0 spiro atoms. The predicted octanol–water partition coefficient (Wildman–Crippen LogP) is 3.22. The fourth-order valence-corrected chi connectivity index (χ4v) is 1.61. The van der Waals surface area contributed by atoms with Crippen molar-refractivity contribution in [1.82, 2.24) is 0 Å². The van der Waals surface area contributed by atoms with Gasteiger partial charge in [0.1, 0.15) is 0 Å². The maximum atomic E-state index is 12.4. The van der Waals surface area contributed by atoms with Crippen molar-refractivity contribution < 1.29 is 18.0 Å². The standard InChI is InChI=1S/C8H4BrClF3NO/c9-5-2-3(7(14)15)1-4(6(5)10)8(11,12)13/h1-2H,(H2,14,15). The third kappa shape index (κ3) is 2.63. The first-order chi connectivity index (χ1) is 6.73. The summed E-state index contributed by atoms with van der Waals surface area (Å²) in [6, 6.07) is 1.76. The van der Waals surface area contributed by atoms with E-state index < -0.39 is 22.7 Å². The van der Waals surface area contributed by atoms with E-state index in [9.17, 15) is 18.0 Å². The summed E-state index contributed by atoms with van der Waals surface area (Å²) in [5.74, 6) is -0.946. The Bertz CT molecular complexity index is 419. The normalized spacial score (nSPS) is 11.5. The number of carbonyl (C=O) groups excluding carboxylic acids is 1. The average molecular weight is 302 g/mol. The molecule has 0 saturated carbocycles. The third-order valence-corrected chi connectivity index (χ3v) is 2.88. The minimum Gasteiger partial charge on any atom is -0.366 e. The Morgan fingerprint density at radius 3 is 2.33 bits per heavy atom. The van der Waals surface area contributed by atoms with Gasteiger partial charge in [0.2, 0.25) is 5.91 Å². The highest BCUT2D eigenvalue weighted by molar-refractivity contribution is 9.10. The highest BCUT2D eigenvalue weighted by Crippen LogP contribution is 2.38. The smallest absolute Gasteiger partial charge is 0.366 e. The molecular weight excluding hydrogens is 298 g/mol. The fraction of sp³-hybridized carbons (Fsp3) is 0.125. The quantitative estimate of drug-likeness (QED) is 0.850. The van der Waals surface area contributed by atoms with E-state index in [2.05, 4.69) is 15.9 Å². The van der Waals surface area contributed by atoms with E-state index in [1.54, 1.807) is 0 Å². The third-order valence-electron chi connectivity index (χ3n) is 1.62. The van der Waals surface area contributed by atoms with Gasteiger partial charge in [0.25, 0.3) is 0 Å². The first-order valence-corrected chi connectivity index (χ1v) is 4.76. The maximum Gasteiger partial charge on any atom is 0.417 e. The number of amides is 1. The summed E-state index contributed by atoms with van der Waals surface area (Å²) < 4.78 is 37.2. The van der Waals surface area contributed by atoms with Crippen molar-refractivity contribution in [1.29, 1.82) is 0 Å². The van der Waals surface area contributed by atoms with Crippen LogP contribution in [0.3, 0.4) is 0 Å². The molecular formula is C8H4BrClF3NO. The van der Waals surface area contributed by atoms with Gasteiger partial charge in [-0.05, 0) is 28.1 Å². The molecule has 15 heavy (non-hydrogen) atoms. The van der Waals surface area contributed by atoms with Crippen molar-refractivity contribution in [3.63, 3.8) is 0 Å². The lowest BCUT2D eigenvalue weighted by molar-refractivity contribution is -0.137. The van der Waals surface area contributed by atoms with Gasteiger partial charge < -0.3 is 5.73 Å². The van der Waals surface area contributed by atoms with Gasteiger partial charge in [-0.3, -0.25) is 4.79 Å². The molecule has 0 radical (unpaired) electrons. The molecule has 0 heterocycles. The fourth-order valence-electron chi connectivity index (χ4n) is 0.938. The van der Waals surface area contributed by atoms with Crippen LogP contribution in [0.15, 0.2) is 16.6 Å². The number of alkyl halides is 3. The lowest BCUT2D eigenvalue weighted by Crippen LogP contribution is -2.14. The van der Waals surface area contributed by atoms with Gasteiger partial charge in [-0.2, -0.15) is 13.2 Å². The zero-order valence-electron chi connectivity index (χ0n) is 7.03. The topological polar surface area (TPSA) is 43.1 Å². The van der Waals surface area contributed by atoms with Crippen molar-refractivity contribution in [2.24, 2.45) is 5.73 Å². The van der Waals surface area contributed by atoms with Crippen LogP contribution in [0.4, 0.5) is 13.2 Å². The van der Waals surface area contributed by atoms with E-state index >= 15 is 0 Å². The van der Waals surface area contributed by atoms with Crippen LogP contribution in [0.1, 0.15) is 15.9 Å². The van der Waals surface area contributed by atoms with Gasteiger partial charge in [0.15, 0.2) is 0 Å². The molecule has 2 N–H and O–H groups in total. The Morgan fingerprint density at radius 1 is 1.40 bits per heavy atom. The lowest BCUT2D eigenvalue weighted by atomic mass is 10.1. The first-order valence-electron chi connectivity index (χ1n) is 3.59. The summed E-state index contributed by atoms with van der Waals surface area (Å²) in [5, 5.41) is -0.493. The molecule has 0 aromatic heterocycles. The Kier molecular flexibility index (Phi) is 3.30. The molecule has 1 aromatic carbocycles. The maximum absolute atomic E-state index is 12.4. The van der Waals surface area contributed by atoms with Gasteiger partial charge in [0, 0.05) is 10.0 Å². The second kappa shape index (κ2) is 4.02. The molecule has 2 nitrogen and oxygen atoms in total. The largest absolute Gasteiger partial charge is 0.417 e. The SMILES string of the molecule is NC(=O)c1cc(Br)c(Cl)c(C(F)(F)F)c1. The number of nitrogens with two attached hydrogens (primary N) is 1. The minimum atomic E-state index is -4.62. The number of primary amides is 1. The number of rotatable bonds is 1. The number of hydrogen-bond acceptors (Lipinski definition) is 1. The van der Waals surface area contributed by atoms with Crippen molar-refractivity contribution in [2.45, 2.75) is 6.18 Å². The minimum absolute atomic E-state index is 0.0206. The van der Waals surface area contributed by atoms with Gasteiger partial charge in [-0.1, -0.05) is 11.6 Å². The van der Waals surface area contributed by atoms with Crippen LogP contribution in [-0.2, 0) is 6.18 Å². The molecule has 7 heteroatoms. The van der Waals surface area contributed by atoms with Crippen LogP contribution in [-0.4, -0.2) is 5.91 Å². The van der Waals surface area contributed by atoms with E-state index in [1.165, 1.54) is 0 Å². The average Bonchev–Trinajstić information content (AvgIpc) is 2.06. The van der Waals surface area contributed by atoms with Gasteiger partial charge in [0.05, 0.1) is 10.6 Å². The Hall–Kier alpha value is -0.750. The molecule has 0 aliphatic heterocycles. The second-order valence-electron chi connectivity index (χ2n) is 2.68. The summed E-state index contributed by atoms with van der Waals surface area (Å²) in [6.07, 6.45) is -4.62. The Labute approximate surface area is 96.3 Å². The summed E-state index contributed by atoms with van der Waals surface area (Å²) >= 11 is 8.25. The van der Waals surface area contributed by atoms with Crippen LogP contribution >= 0.6 is 27.5 Å². The number of hydrogen-bond donors (Lipinski definition) is 1. The van der Waals surface area contributed by atoms with Crippen LogP contribution in [0.5, 0.6) is 0 Å². The number of halogens is 5. The summed E-state index contributed by atoms with van der Waals surface area (Å²) in [5.41, 5.74) is 3.53. The monoisotopic (exact) mass is 301 g/mol. The molecule has 0 aliphatic rings. The summed E-state index contributed by atoms with van der Waals surface area (Å²) in [4.78, 5) is 10.7. The summed E-state index contributed by atoms with van der Waals surface area (Å²) in [7, 11) is 0. The van der Waals surface area contributed by atoms with Crippen molar-refractivity contribution >= 4 is 33.4 Å². The van der Waals surface area contributed by atoms with Crippen LogP contribution in [0, 0.1) is 0 Å². The van der Waals surface area contributed by atoms with Gasteiger partial charge >= 0.3 is 6.18 Å². The van der Waals surface area contributed by atoms with Crippen LogP contribution in [0.2, 0.25) is 5.02 Å². The van der Waals surface area contributed by atoms with E-state index in [0.717, 1.165) is 6.07 Å². The molecule has 0 saturated heterocycles. The van der Waals surface area contributed by atoms with E-state index in [-0.39, 0.29) is 10.0 Å². The van der Waals surface area contributed by atoms with Crippen molar-refractivity contribution in [3.8, 4) is 0 Å². The number of carbonyl (C=O) groups is 1. The molecule has 0 atom stereocenters. The molecule has 1 rings (SSSR count). The molecule has 0 unspecified atom stereocenters. The first kappa shape index (κ1) is 12.3. The molecule has 0 aliphatic carbocycles. The predicted molar refractivity (Wildman–Crippen MR) is 52.7 cm³/mol. The molecule has 0 fully saturated rings. The molecule has 1 amide bonds.